The van der Waals surface area contributed by atoms with Gasteiger partial charge in [0, 0.05) is 57.1 Å². The highest BCUT2D eigenvalue weighted by molar-refractivity contribution is 5.93. The number of benzene rings is 1. The Morgan fingerprint density at radius 1 is 1.09 bits per heavy atom. The van der Waals surface area contributed by atoms with Gasteiger partial charge in [-0.3, -0.25) is 4.79 Å². The summed E-state index contributed by atoms with van der Waals surface area (Å²) >= 11 is 0. The van der Waals surface area contributed by atoms with Crippen LogP contribution in [0.2, 0.25) is 0 Å². The molecule has 0 saturated carbocycles. The smallest absolute Gasteiger partial charge is 0.248 e. The predicted molar refractivity (Wildman–Crippen MR) is 89.2 cm³/mol. The first kappa shape index (κ1) is 15.3. The molecule has 5 nitrogen and oxygen atoms in total. The maximum atomic E-state index is 11.1. The van der Waals surface area contributed by atoms with E-state index < -0.39 is 0 Å². The molecule has 0 spiro atoms. The zero-order valence-electron chi connectivity index (χ0n) is 13.1. The third-order valence-electron chi connectivity index (χ3n) is 4.86. The minimum absolute atomic E-state index is 0.360. The summed E-state index contributed by atoms with van der Waals surface area (Å²) in [6.07, 6.45) is 2.50. The molecule has 22 heavy (non-hydrogen) atoms. The summed E-state index contributed by atoms with van der Waals surface area (Å²) in [6.45, 7) is 8.09. The Bertz CT molecular complexity index is 488. The Morgan fingerprint density at radius 3 is 2.32 bits per heavy atom. The monoisotopic (exact) mass is 302 g/mol. The molecule has 3 N–H and O–H groups in total. The van der Waals surface area contributed by atoms with E-state index in [2.05, 4.69) is 15.1 Å². The number of rotatable bonds is 4. The van der Waals surface area contributed by atoms with Gasteiger partial charge in [-0.1, -0.05) is 0 Å². The molecule has 0 bridgehead atoms. The van der Waals surface area contributed by atoms with Crippen LogP contribution in [0.3, 0.4) is 0 Å². The quantitative estimate of drug-likeness (QED) is 0.868. The topological polar surface area (TPSA) is 61.6 Å². The SMILES string of the molecule is NC(=O)c1ccc(N2CCC(CN3CCNCC3)CC2)cc1. The number of piperazine rings is 1. The largest absolute Gasteiger partial charge is 0.372 e. The van der Waals surface area contributed by atoms with Crippen molar-refractivity contribution in [3.8, 4) is 0 Å². The first-order valence-corrected chi connectivity index (χ1v) is 8.30. The Labute approximate surface area is 132 Å². The van der Waals surface area contributed by atoms with Gasteiger partial charge in [0.05, 0.1) is 0 Å². The minimum atomic E-state index is -0.360. The first-order valence-electron chi connectivity index (χ1n) is 8.30. The van der Waals surface area contributed by atoms with E-state index in [-0.39, 0.29) is 5.91 Å². The summed E-state index contributed by atoms with van der Waals surface area (Å²) < 4.78 is 0. The Kier molecular flexibility index (Phi) is 4.95. The minimum Gasteiger partial charge on any atom is -0.372 e. The number of nitrogens with one attached hydrogen (secondary N) is 1. The molecule has 1 aromatic rings. The summed E-state index contributed by atoms with van der Waals surface area (Å²) in [5.74, 6) is 0.459. The summed E-state index contributed by atoms with van der Waals surface area (Å²) in [5, 5.41) is 3.41. The fraction of sp³-hybridized carbons (Fsp3) is 0.588. The van der Waals surface area contributed by atoms with Crippen molar-refractivity contribution in [2.45, 2.75) is 12.8 Å². The highest BCUT2D eigenvalue weighted by atomic mass is 16.1. The average Bonchev–Trinajstić information content (AvgIpc) is 2.57. The van der Waals surface area contributed by atoms with Gasteiger partial charge < -0.3 is 20.9 Å². The third-order valence-corrected chi connectivity index (χ3v) is 4.86. The number of amides is 1. The van der Waals surface area contributed by atoms with Gasteiger partial charge >= 0.3 is 0 Å². The Hall–Kier alpha value is -1.59. The molecule has 2 aliphatic heterocycles. The van der Waals surface area contributed by atoms with Gasteiger partial charge in [0.15, 0.2) is 0 Å². The number of hydrogen-bond donors (Lipinski definition) is 2. The highest BCUT2D eigenvalue weighted by Crippen LogP contribution is 2.24. The molecular formula is C17H26N4O. The highest BCUT2D eigenvalue weighted by Gasteiger charge is 2.22. The van der Waals surface area contributed by atoms with Gasteiger partial charge in [0.1, 0.15) is 0 Å². The van der Waals surface area contributed by atoms with Gasteiger partial charge in [-0.15, -0.1) is 0 Å². The fourth-order valence-electron chi connectivity index (χ4n) is 3.47. The summed E-state index contributed by atoms with van der Waals surface area (Å²) in [6, 6.07) is 7.67. The van der Waals surface area contributed by atoms with E-state index in [4.69, 9.17) is 5.73 Å². The lowest BCUT2D eigenvalue weighted by molar-refractivity contribution is 0.100. The molecule has 2 aliphatic rings. The number of piperidine rings is 1. The van der Waals surface area contributed by atoms with Crippen LogP contribution in [-0.2, 0) is 0 Å². The standard InChI is InChI=1S/C17H26N4O/c18-17(22)15-1-3-16(4-2-15)21-9-5-14(6-10-21)13-20-11-7-19-8-12-20/h1-4,14,19H,5-13H2,(H2,18,22). The van der Waals surface area contributed by atoms with Crippen molar-refractivity contribution in [2.24, 2.45) is 11.7 Å². The molecular weight excluding hydrogens is 276 g/mol. The van der Waals surface area contributed by atoms with Crippen molar-refractivity contribution >= 4 is 11.6 Å². The molecule has 0 aromatic heterocycles. The lowest BCUT2D eigenvalue weighted by Crippen LogP contribution is -2.46. The molecule has 1 amide bonds. The second kappa shape index (κ2) is 7.11. The molecule has 120 valence electrons. The van der Waals surface area contributed by atoms with E-state index in [1.807, 2.05) is 24.3 Å². The maximum Gasteiger partial charge on any atom is 0.248 e. The van der Waals surface area contributed by atoms with Crippen LogP contribution in [0.15, 0.2) is 24.3 Å². The van der Waals surface area contributed by atoms with Crippen molar-refractivity contribution in [3.05, 3.63) is 29.8 Å². The van der Waals surface area contributed by atoms with Gasteiger partial charge in [-0.2, -0.15) is 0 Å². The number of hydrogen-bond acceptors (Lipinski definition) is 4. The molecule has 2 heterocycles. The van der Waals surface area contributed by atoms with Gasteiger partial charge in [0.2, 0.25) is 5.91 Å². The van der Waals surface area contributed by atoms with Crippen LogP contribution >= 0.6 is 0 Å². The number of anilines is 1. The van der Waals surface area contributed by atoms with Crippen LogP contribution in [-0.4, -0.2) is 56.6 Å². The average molecular weight is 302 g/mol. The third kappa shape index (κ3) is 3.78. The van der Waals surface area contributed by atoms with E-state index in [1.165, 1.54) is 38.2 Å². The summed E-state index contributed by atoms with van der Waals surface area (Å²) in [4.78, 5) is 16.1. The van der Waals surface area contributed by atoms with Crippen LogP contribution in [0.25, 0.3) is 0 Å². The molecule has 1 aromatic carbocycles. The van der Waals surface area contributed by atoms with Gasteiger partial charge in [0.25, 0.3) is 0 Å². The fourth-order valence-corrected chi connectivity index (χ4v) is 3.47. The molecule has 0 atom stereocenters. The van der Waals surface area contributed by atoms with Crippen molar-refractivity contribution in [2.75, 3.05) is 50.7 Å². The molecule has 3 rings (SSSR count). The van der Waals surface area contributed by atoms with E-state index in [0.29, 0.717) is 5.56 Å². The molecule has 2 fully saturated rings. The second-order valence-corrected chi connectivity index (χ2v) is 6.39. The number of carbonyl (C=O) groups is 1. The molecule has 0 aliphatic carbocycles. The van der Waals surface area contributed by atoms with E-state index >= 15 is 0 Å². The summed E-state index contributed by atoms with van der Waals surface area (Å²) in [7, 11) is 0. The first-order chi connectivity index (χ1) is 10.7. The van der Waals surface area contributed by atoms with Crippen LogP contribution in [0.1, 0.15) is 23.2 Å². The van der Waals surface area contributed by atoms with E-state index in [9.17, 15) is 4.79 Å². The normalized spacial score (nSPS) is 21.0. The van der Waals surface area contributed by atoms with Crippen LogP contribution < -0.4 is 16.0 Å². The predicted octanol–water partition coefficient (Wildman–Crippen LogP) is 0.907. The van der Waals surface area contributed by atoms with Crippen molar-refractivity contribution < 1.29 is 4.79 Å². The van der Waals surface area contributed by atoms with Crippen molar-refractivity contribution in [1.29, 1.82) is 0 Å². The maximum absolute atomic E-state index is 11.1. The van der Waals surface area contributed by atoms with Crippen molar-refractivity contribution in [3.63, 3.8) is 0 Å². The van der Waals surface area contributed by atoms with Gasteiger partial charge in [-0.25, -0.2) is 0 Å². The zero-order chi connectivity index (χ0) is 15.4. The molecule has 0 unspecified atom stereocenters. The lowest BCUT2D eigenvalue weighted by atomic mass is 9.95. The Morgan fingerprint density at radius 2 is 1.73 bits per heavy atom. The number of primary amides is 1. The Balaban J connectivity index is 1.49. The molecule has 5 heteroatoms. The molecule has 2 saturated heterocycles. The number of nitrogens with zero attached hydrogens (tertiary/aromatic N) is 2. The zero-order valence-corrected chi connectivity index (χ0v) is 13.1. The van der Waals surface area contributed by atoms with Crippen molar-refractivity contribution in [1.82, 2.24) is 10.2 Å². The van der Waals surface area contributed by atoms with E-state index in [1.54, 1.807) is 0 Å². The van der Waals surface area contributed by atoms with Crippen LogP contribution in [0, 0.1) is 5.92 Å². The number of nitrogens with two attached hydrogens (primary N) is 1. The summed E-state index contributed by atoms with van der Waals surface area (Å²) in [5.41, 5.74) is 7.07. The van der Waals surface area contributed by atoms with E-state index in [0.717, 1.165) is 32.1 Å². The lowest BCUT2D eigenvalue weighted by Gasteiger charge is -2.37. The van der Waals surface area contributed by atoms with Gasteiger partial charge in [-0.05, 0) is 43.0 Å². The second-order valence-electron chi connectivity index (χ2n) is 6.39. The van der Waals surface area contributed by atoms with Crippen LogP contribution in [0.4, 0.5) is 5.69 Å². The van der Waals surface area contributed by atoms with Crippen LogP contribution in [0.5, 0.6) is 0 Å². The number of carbonyl (C=O) groups excluding carboxylic acids is 1. The molecule has 0 radical (unpaired) electrons.